The summed E-state index contributed by atoms with van der Waals surface area (Å²) in [5, 5.41) is 8.82. The van der Waals surface area contributed by atoms with Crippen molar-refractivity contribution in [2.75, 3.05) is 6.79 Å². The second kappa shape index (κ2) is 3.81. The quantitative estimate of drug-likeness (QED) is 0.821. The Kier molecular flexibility index (Phi) is 2.49. The van der Waals surface area contributed by atoms with Crippen molar-refractivity contribution in [2.24, 2.45) is 5.92 Å². The molecule has 80 valence electrons. The fourth-order valence-electron chi connectivity index (χ4n) is 1.57. The van der Waals surface area contributed by atoms with Crippen LogP contribution in [0.3, 0.4) is 0 Å². The van der Waals surface area contributed by atoms with E-state index in [0.717, 1.165) is 5.56 Å². The van der Waals surface area contributed by atoms with E-state index in [-0.39, 0.29) is 6.79 Å². The summed E-state index contributed by atoms with van der Waals surface area (Å²) < 4.78 is 10.5. The summed E-state index contributed by atoms with van der Waals surface area (Å²) in [5.74, 6) is 0.169. The summed E-state index contributed by atoms with van der Waals surface area (Å²) in [7, 11) is 0. The van der Waals surface area contributed by atoms with Crippen molar-refractivity contribution >= 4 is 5.97 Å². The third-order valence-corrected chi connectivity index (χ3v) is 2.43. The lowest BCUT2D eigenvalue weighted by Crippen LogP contribution is -2.12. The summed E-state index contributed by atoms with van der Waals surface area (Å²) in [6.07, 6.45) is 0.460. The first-order chi connectivity index (χ1) is 7.18. The summed E-state index contributed by atoms with van der Waals surface area (Å²) >= 11 is 0. The Hall–Kier alpha value is -1.71. The zero-order valence-corrected chi connectivity index (χ0v) is 8.40. The number of carboxylic acid groups (broad SMARTS) is 1. The van der Waals surface area contributed by atoms with E-state index in [0.29, 0.717) is 17.9 Å². The van der Waals surface area contributed by atoms with E-state index < -0.39 is 11.9 Å². The molecule has 0 fully saturated rings. The lowest BCUT2D eigenvalue weighted by atomic mass is 10.0. The van der Waals surface area contributed by atoms with Crippen LogP contribution in [0.25, 0.3) is 0 Å². The molecule has 0 radical (unpaired) electrons. The van der Waals surface area contributed by atoms with Crippen molar-refractivity contribution in [3.8, 4) is 11.5 Å². The van der Waals surface area contributed by atoms with Gasteiger partial charge in [-0.05, 0) is 18.1 Å². The highest BCUT2D eigenvalue weighted by molar-refractivity contribution is 5.70. The van der Waals surface area contributed by atoms with Crippen LogP contribution in [0.15, 0.2) is 18.2 Å². The number of hydrogen-bond donors (Lipinski definition) is 1. The molecule has 0 saturated heterocycles. The monoisotopic (exact) mass is 208 g/mol. The fraction of sp³-hybridized carbons (Fsp3) is 0.364. The van der Waals surface area contributed by atoms with Crippen molar-refractivity contribution in [2.45, 2.75) is 13.3 Å². The maximum atomic E-state index is 10.7. The molecule has 0 aromatic heterocycles. The van der Waals surface area contributed by atoms with Crippen LogP contribution in [-0.4, -0.2) is 17.9 Å². The van der Waals surface area contributed by atoms with Gasteiger partial charge >= 0.3 is 5.97 Å². The minimum absolute atomic E-state index is 0.216. The van der Waals surface area contributed by atoms with Crippen LogP contribution in [0.1, 0.15) is 12.5 Å². The van der Waals surface area contributed by atoms with Crippen LogP contribution in [0, 0.1) is 5.92 Å². The van der Waals surface area contributed by atoms with Crippen LogP contribution in [0.4, 0.5) is 0 Å². The summed E-state index contributed by atoms with van der Waals surface area (Å²) in [4.78, 5) is 10.7. The smallest absolute Gasteiger partial charge is 0.306 e. The van der Waals surface area contributed by atoms with Gasteiger partial charge in [0, 0.05) is 0 Å². The first-order valence-electron chi connectivity index (χ1n) is 4.79. The summed E-state index contributed by atoms with van der Waals surface area (Å²) in [5.41, 5.74) is 0.889. The Bertz CT molecular complexity index is 386. The topological polar surface area (TPSA) is 55.8 Å². The molecule has 2 rings (SSSR count). The second-order valence-corrected chi connectivity index (χ2v) is 3.59. The molecule has 1 heterocycles. The van der Waals surface area contributed by atoms with Gasteiger partial charge < -0.3 is 14.6 Å². The van der Waals surface area contributed by atoms with E-state index in [1.54, 1.807) is 6.92 Å². The van der Waals surface area contributed by atoms with Gasteiger partial charge in [-0.1, -0.05) is 19.1 Å². The molecular formula is C11H12O4. The van der Waals surface area contributed by atoms with Crippen LogP contribution in [0.2, 0.25) is 0 Å². The zero-order valence-electron chi connectivity index (χ0n) is 8.40. The number of benzene rings is 1. The molecule has 1 unspecified atom stereocenters. The van der Waals surface area contributed by atoms with Gasteiger partial charge in [0.1, 0.15) is 0 Å². The predicted octanol–water partition coefficient (Wildman–Crippen LogP) is 1.68. The van der Waals surface area contributed by atoms with Crippen LogP contribution >= 0.6 is 0 Å². The van der Waals surface area contributed by atoms with Crippen molar-refractivity contribution in [1.29, 1.82) is 0 Å². The molecule has 1 aromatic rings. The molecule has 0 spiro atoms. The third-order valence-electron chi connectivity index (χ3n) is 2.43. The van der Waals surface area contributed by atoms with E-state index in [9.17, 15) is 4.79 Å². The van der Waals surface area contributed by atoms with Gasteiger partial charge in [-0.3, -0.25) is 4.79 Å². The van der Waals surface area contributed by atoms with Gasteiger partial charge in [0.15, 0.2) is 11.5 Å². The molecule has 0 saturated carbocycles. The lowest BCUT2D eigenvalue weighted by molar-refractivity contribution is -0.141. The van der Waals surface area contributed by atoms with E-state index in [2.05, 4.69) is 0 Å². The van der Waals surface area contributed by atoms with Crippen molar-refractivity contribution in [3.05, 3.63) is 23.8 Å². The number of rotatable bonds is 3. The van der Waals surface area contributed by atoms with Crippen LogP contribution in [-0.2, 0) is 11.2 Å². The predicted molar refractivity (Wildman–Crippen MR) is 53.1 cm³/mol. The average Bonchev–Trinajstić information content (AvgIpc) is 2.66. The Balaban J connectivity index is 2.22. The average molecular weight is 208 g/mol. The van der Waals surface area contributed by atoms with Gasteiger partial charge in [-0.25, -0.2) is 0 Å². The van der Waals surface area contributed by atoms with E-state index >= 15 is 0 Å². The molecule has 1 atom stereocenters. The van der Waals surface area contributed by atoms with Crippen molar-refractivity contribution < 1.29 is 19.4 Å². The highest BCUT2D eigenvalue weighted by atomic mass is 16.7. The minimum Gasteiger partial charge on any atom is -0.481 e. The van der Waals surface area contributed by atoms with Crippen molar-refractivity contribution in [1.82, 2.24) is 0 Å². The Morgan fingerprint density at radius 1 is 1.53 bits per heavy atom. The highest BCUT2D eigenvalue weighted by Gasteiger charge is 2.20. The molecule has 4 heteroatoms. The van der Waals surface area contributed by atoms with E-state index in [1.807, 2.05) is 18.2 Å². The molecule has 15 heavy (non-hydrogen) atoms. The zero-order chi connectivity index (χ0) is 10.8. The number of hydrogen-bond acceptors (Lipinski definition) is 3. The molecule has 1 aromatic carbocycles. The number of fused-ring (bicyclic) bond motifs is 1. The number of carboxylic acids is 1. The molecule has 1 N–H and O–H groups in total. The number of para-hydroxylation sites is 1. The standard InChI is InChI=1S/C11H12O4/c1-7(11(12)13)5-8-3-2-4-9-10(8)15-6-14-9/h2-4,7H,5-6H2,1H3,(H,12,13). The van der Waals surface area contributed by atoms with Gasteiger partial charge in [0.2, 0.25) is 6.79 Å². The highest BCUT2D eigenvalue weighted by Crippen LogP contribution is 2.36. The largest absolute Gasteiger partial charge is 0.481 e. The van der Waals surface area contributed by atoms with Gasteiger partial charge in [0.25, 0.3) is 0 Å². The Labute approximate surface area is 87.4 Å². The summed E-state index contributed by atoms with van der Waals surface area (Å²) in [6, 6.07) is 5.53. The Morgan fingerprint density at radius 3 is 3.07 bits per heavy atom. The van der Waals surface area contributed by atoms with Gasteiger partial charge in [0.05, 0.1) is 5.92 Å². The fourth-order valence-corrected chi connectivity index (χ4v) is 1.57. The first kappa shape index (κ1) is 9.83. The van der Waals surface area contributed by atoms with Crippen LogP contribution < -0.4 is 9.47 Å². The van der Waals surface area contributed by atoms with Crippen molar-refractivity contribution in [3.63, 3.8) is 0 Å². The molecular weight excluding hydrogens is 196 g/mol. The van der Waals surface area contributed by atoms with Crippen LogP contribution in [0.5, 0.6) is 11.5 Å². The SMILES string of the molecule is CC(Cc1cccc2c1OCO2)C(=O)O. The number of aliphatic carboxylic acids is 1. The van der Waals surface area contributed by atoms with E-state index in [1.165, 1.54) is 0 Å². The molecule has 1 aliphatic heterocycles. The molecule has 1 aliphatic rings. The maximum absolute atomic E-state index is 10.7. The number of ether oxygens (including phenoxy) is 2. The lowest BCUT2D eigenvalue weighted by Gasteiger charge is -2.08. The Morgan fingerprint density at radius 2 is 2.33 bits per heavy atom. The van der Waals surface area contributed by atoms with E-state index in [4.69, 9.17) is 14.6 Å². The normalized spacial score (nSPS) is 15.0. The molecule has 4 nitrogen and oxygen atoms in total. The second-order valence-electron chi connectivity index (χ2n) is 3.59. The number of carbonyl (C=O) groups is 1. The maximum Gasteiger partial charge on any atom is 0.306 e. The summed E-state index contributed by atoms with van der Waals surface area (Å²) in [6.45, 7) is 1.89. The molecule has 0 amide bonds. The molecule has 0 bridgehead atoms. The van der Waals surface area contributed by atoms with Gasteiger partial charge in [-0.2, -0.15) is 0 Å². The third kappa shape index (κ3) is 1.88. The molecule has 0 aliphatic carbocycles. The van der Waals surface area contributed by atoms with Gasteiger partial charge in [-0.15, -0.1) is 0 Å². The first-order valence-corrected chi connectivity index (χ1v) is 4.79. The minimum atomic E-state index is -0.800.